The Kier molecular flexibility index (Phi) is 9.98. The number of ether oxygens (including phenoxy) is 2. The number of furan rings is 1. The highest BCUT2D eigenvalue weighted by Crippen LogP contribution is 2.52. The summed E-state index contributed by atoms with van der Waals surface area (Å²) in [5, 5.41) is 18.9. The van der Waals surface area contributed by atoms with Gasteiger partial charge in [-0.3, -0.25) is 20.2 Å². The highest BCUT2D eigenvalue weighted by atomic mass is 32.1. The SMILES string of the molecule is CC(OC(=S)NC[C@H]1CN(c2ccc(N3CCN(Cc4ccc(N(O)O)o4)CC3)c(F)c2)C(=O)O1)(PO)P(O)O. The van der Waals surface area contributed by atoms with Gasteiger partial charge in [0.25, 0.3) is 5.17 Å². The predicted octanol–water partition coefficient (Wildman–Crippen LogP) is 2.10. The van der Waals surface area contributed by atoms with Gasteiger partial charge in [0.05, 0.1) is 39.8 Å². The summed E-state index contributed by atoms with van der Waals surface area (Å²) in [6, 6.07) is 7.65. The van der Waals surface area contributed by atoms with Crippen molar-refractivity contribution in [1.29, 1.82) is 0 Å². The van der Waals surface area contributed by atoms with Crippen LogP contribution in [-0.2, 0) is 16.0 Å². The van der Waals surface area contributed by atoms with Crippen molar-refractivity contribution >= 4 is 57.9 Å². The van der Waals surface area contributed by atoms with Crippen LogP contribution < -0.4 is 20.3 Å². The minimum absolute atomic E-state index is 0.0584. The summed E-state index contributed by atoms with van der Waals surface area (Å²) in [6.07, 6.45) is -1.29. The number of carbonyl (C=O) groups is 1. The van der Waals surface area contributed by atoms with Crippen LogP contribution >= 0.6 is 29.4 Å². The zero-order valence-corrected chi connectivity index (χ0v) is 24.0. The fraction of sp³-hybridized carbons (Fsp3) is 0.455. The highest BCUT2D eigenvalue weighted by Gasteiger charge is 2.37. The number of hydrogen-bond donors (Lipinski definition) is 6. The molecule has 0 spiro atoms. The number of nitrogens with zero attached hydrogens (tertiary/aromatic N) is 4. The molecule has 0 aliphatic carbocycles. The molecular weight excluding hydrogens is 591 g/mol. The molecular formula is C22H30FN5O9P2S. The molecule has 4 rings (SSSR count). The Morgan fingerprint density at radius 3 is 2.60 bits per heavy atom. The van der Waals surface area contributed by atoms with Gasteiger partial charge in [0.1, 0.15) is 17.7 Å². The molecule has 1 amide bonds. The summed E-state index contributed by atoms with van der Waals surface area (Å²) in [5.74, 6) is 0.00867. The van der Waals surface area contributed by atoms with Crippen molar-refractivity contribution in [3.63, 3.8) is 0 Å². The van der Waals surface area contributed by atoms with E-state index in [0.29, 0.717) is 49.9 Å². The van der Waals surface area contributed by atoms with Gasteiger partial charge in [0.15, 0.2) is 0 Å². The lowest BCUT2D eigenvalue weighted by molar-refractivity contribution is 0.0165. The second-order valence-corrected chi connectivity index (χ2v) is 12.6. The van der Waals surface area contributed by atoms with Gasteiger partial charge in [-0.25, -0.2) is 9.18 Å². The smallest absolute Gasteiger partial charge is 0.414 e. The largest absolute Gasteiger partial charge is 0.448 e. The van der Waals surface area contributed by atoms with Crippen molar-refractivity contribution in [2.75, 3.05) is 54.3 Å². The molecule has 2 unspecified atom stereocenters. The number of carbonyl (C=O) groups excluding carboxylic acids is 1. The molecule has 3 heterocycles. The fourth-order valence-electron chi connectivity index (χ4n) is 4.21. The maximum absolute atomic E-state index is 15.1. The van der Waals surface area contributed by atoms with Gasteiger partial charge < -0.3 is 38.8 Å². The minimum Gasteiger partial charge on any atom is -0.448 e. The monoisotopic (exact) mass is 621 g/mol. The summed E-state index contributed by atoms with van der Waals surface area (Å²) in [4.78, 5) is 46.0. The van der Waals surface area contributed by atoms with Gasteiger partial charge in [-0.15, -0.1) is 0 Å². The number of piperazine rings is 1. The molecule has 6 N–H and O–H groups in total. The van der Waals surface area contributed by atoms with Crippen molar-refractivity contribution < 1.29 is 48.2 Å². The lowest BCUT2D eigenvalue weighted by Crippen LogP contribution is -2.46. The van der Waals surface area contributed by atoms with Crippen LogP contribution in [0.5, 0.6) is 0 Å². The maximum Gasteiger partial charge on any atom is 0.414 e. The molecule has 3 atom stereocenters. The van der Waals surface area contributed by atoms with Gasteiger partial charge in [-0.2, -0.15) is 0 Å². The number of cyclic esters (lactones) is 1. The van der Waals surface area contributed by atoms with E-state index in [1.165, 1.54) is 24.0 Å². The van der Waals surface area contributed by atoms with Crippen molar-refractivity contribution in [2.45, 2.75) is 24.7 Å². The Balaban J connectivity index is 1.28. The molecule has 220 valence electrons. The van der Waals surface area contributed by atoms with E-state index in [4.69, 9.17) is 36.5 Å². The molecule has 2 fully saturated rings. The normalized spacial score (nSPS) is 19.8. The average molecular weight is 622 g/mol. The number of hydrogen-bond acceptors (Lipinski definition) is 13. The summed E-state index contributed by atoms with van der Waals surface area (Å²) in [5.41, 5.74) is 0.746. The third kappa shape index (κ3) is 7.27. The molecule has 0 saturated carbocycles. The third-order valence-electron chi connectivity index (χ3n) is 6.41. The number of thiocarbonyl (C=S) groups is 1. The standard InChI is InChI=1S/C22H30FN5O9P2S/c1-22(38-32,39(33)34)37-20(40)24-11-16-13-27(21(29)36-16)14-2-4-18(17(23)10-14)26-8-6-25(7-9-26)12-15-3-5-19(35-15)28(30)31/h2-5,10,16,30-34,38H,6-9,11-13H2,1H3,(H,24,40)/t16-,22?/m0/s1. The van der Waals surface area contributed by atoms with E-state index in [2.05, 4.69) is 10.2 Å². The number of amides is 1. The number of halogens is 1. The molecule has 2 aromatic rings. The van der Waals surface area contributed by atoms with E-state index >= 15 is 4.39 Å². The third-order valence-corrected chi connectivity index (χ3v) is 8.91. The van der Waals surface area contributed by atoms with E-state index in [9.17, 15) is 19.5 Å². The van der Waals surface area contributed by atoms with E-state index < -0.39 is 40.3 Å². The quantitative estimate of drug-likeness (QED) is 0.129. The van der Waals surface area contributed by atoms with E-state index in [1.807, 2.05) is 4.90 Å². The van der Waals surface area contributed by atoms with Crippen LogP contribution in [0.4, 0.5) is 26.4 Å². The lowest BCUT2D eigenvalue weighted by atomic mass is 10.2. The predicted molar refractivity (Wildman–Crippen MR) is 148 cm³/mol. The number of nitrogens with one attached hydrogen (secondary N) is 1. The van der Waals surface area contributed by atoms with Gasteiger partial charge >= 0.3 is 6.09 Å². The molecule has 1 aromatic heterocycles. The van der Waals surface area contributed by atoms with Crippen LogP contribution in [0.3, 0.4) is 0 Å². The van der Waals surface area contributed by atoms with Crippen LogP contribution in [0.25, 0.3) is 0 Å². The molecule has 2 saturated heterocycles. The first-order valence-electron chi connectivity index (χ1n) is 12.1. The van der Waals surface area contributed by atoms with Gasteiger partial charge in [-0.05, 0) is 43.4 Å². The summed E-state index contributed by atoms with van der Waals surface area (Å²) in [7, 11) is -3.54. The van der Waals surface area contributed by atoms with E-state index in [-0.39, 0.29) is 29.4 Å². The molecule has 40 heavy (non-hydrogen) atoms. The van der Waals surface area contributed by atoms with Gasteiger partial charge in [0.2, 0.25) is 19.3 Å². The Hall–Kier alpha value is -2.39. The highest BCUT2D eigenvalue weighted by molar-refractivity contribution is 7.80. The first-order chi connectivity index (χ1) is 19.0. The topological polar surface area (TPSA) is 175 Å². The Morgan fingerprint density at radius 1 is 1.27 bits per heavy atom. The molecule has 2 aliphatic heterocycles. The Bertz CT molecular complexity index is 1200. The summed E-state index contributed by atoms with van der Waals surface area (Å²) >= 11 is 5.03. The molecule has 1 aromatic carbocycles. The molecule has 0 bridgehead atoms. The van der Waals surface area contributed by atoms with Crippen molar-refractivity contribution in [1.82, 2.24) is 10.2 Å². The minimum atomic E-state index is -2.61. The number of benzene rings is 1. The molecule has 2 aliphatic rings. The average Bonchev–Trinajstić information content (AvgIpc) is 3.54. The molecule has 0 radical (unpaired) electrons. The summed E-state index contributed by atoms with van der Waals surface area (Å²) < 4.78 is 31.1. The van der Waals surface area contributed by atoms with Gasteiger partial charge in [-0.1, -0.05) is 5.23 Å². The zero-order chi connectivity index (χ0) is 29.0. The first-order valence-corrected chi connectivity index (χ1v) is 14.7. The second kappa shape index (κ2) is 13.1. The molecule has 14 nitrogen and oxygen atoms in total. The van der Waals surface area contributed by atoms with E-state index in [0.717, 1.165) is 0 Å². The second-order valence-electron chi connectivity index (χ2n) is 9.20. The van der Waals surface area contributed by atoms with Gasteiger partial charge in [0, 0.05) is 32.2 Å². The number of rotatable bonds is 10. The van der Waals surface area contributed by atoms with Crippen molar-refractivity contribution in [3.05, 3.63) is 41.9 Å². The fourth-order valence-corrected chi connectivity index (χ4v) is 5.27. The van der Waals surface area contributed by atoms with E-state index in [1.54, 1.807) is 18.2 Å². The van der Waals surface area contributed by atoms with Crippen LogP contribution in [0.2, 0.25) is 0 Å². The zero-order valence-electron chi connectivity index (χ0n) is 21.3. The summed E-state index contributed by atoms with van der Waals surface area (Å²) in [6.45, 7) is 4.34. The van der Waals surface area contributed by atoms with Crippen molar-refractivity contribution in [3.8, 4) is 0 Å². The lowest BCUT2D eigenvalue weighted by Gasteiger charge is -2.36. The van der Waals surface area contributed by atoms with Crippen LogP contribution in [0.15, 0.2) is 34.7 Å². The van der Waals surface area contributed by atoms with Crippen molar-refractivity contribution in [2.24, 2.45) is 0 Å². The van der Waals surface area contributed by atoms with Crippen LogP contribution in [0.1, 0.15) is 12.7 Å². The number of anilines is 3. The molecule has 18 heteroatoms. The maximum atomic E-state index is 15.1. The van der Waals surface area contributed by atoms with Crippen LogP contribution in [0, 0.1) is 5.82 Å². The van der Waals surface area contributed by atoms with Crippen LogP contribution in [-0.4, -0.2) is 91.7 Å². The first kappa shape index (κ1) is 30.6. The Morgan fingerprint density at radius 2 is 2.00 bits per heavy atom. The Labute approximate surface area is 237 Å².